The van der Waals surface area contributed by atoms with Gasteiger partial charge >= 0.3 is 5.97 Å². The quantitative estimate of drug-likeness (QED) is 0.257. The van der Waals surface area contributed by atoms with E-state index in [1.807, 2.05) is 12.1 Å². The summed E-state index contributed by atoms with van der Waals surface area (Å²) in [6.07, 6.45) is 0.945. The molecule has 188 valence electrons. The summed E-state index contributed by atoms with van der Waals surface area (Å²) in [5.41, 5.74) is 3.30. The van der Waals surface area contributed by atoms with Crippen molar-refractivity contribution in [3.05, 3.63) is 99.0 Å². The number of rotatable bonds is 6. The number of Topliss-reactive ketones (excluding diaryl/α,β-unsaturated/α-hetero) is 1. The van der Waals surface area contributed by atoms with Crippen molar-refractivity contribution in [1.29, 1.82) is 0 Å². The number of halogens is 2. The number of benzene rings is 3. The summed E-state index contributed by atoms with van der Waals surface area (Å²) in [7, 11) is 0. The second-order valence-electron chi connectivity index (χ2n) is 8.95. The van der Waals surface area contributed by atoms with Gasteiger partial charge < -0.3 is 4.74 Å². The van der Waals surface area contributed by atoms with Crippen molar-refractivity contribution in [3.63, 3.8) is 0 Å². The number of anilines is 1. The van der Waals surface area contributed by atoms with Gasteiger partial charge in [-0.15, -0.1) is 0 Å². The summed E-state index contributed by atoms with van der Waals surface area (Å²) in [6.45, 7) is 0.863. The molecule has 1 atom stereocenters. The smallest absolute Gasteiger partial charge is 0.338 e. The SMILES string of the molecule is O=C(COC(=O)c1ccc(N2C(=O)CC(N3CCc4ccccc4C3)C2=O)cc1)c1ccc(Cl)c(Cl)c1. The van der Waals surface area contributed by atoms with Crippen molar-refractivity contribution < 1.29 is 23.9 Å². The summed E-state index contributed by atoms with van der Waals surface area (Å²) in [4.78, 5) is 54.0. The lowest BCUT2D eigenvalue weighted by atomic mass is 9.98. The lowest BCUT2D eigenvalue weighted by molar-refractivity contribution is -0.123. The second-order valence-corrected chi connectivity index (χ2v) is 9.77. The third-order valence-corrected chi connectivity index (χ3v) is 7.40. The predicted octanol–water partition coefficient (Wildman–Crippen LogP) is 4.72. The van der Waals surface area contributed by atoms with Crippen LogP contribution in [0.15, 0.2) is 66.7 Å². The van der Waals surface area contributed by atoms with E-state index in [0.29, 0.717) is 23.8 Å². The molecule has 0 aromatic heterocycles. The van der Waals surface area contributed by atoms with E-state index in [1.54, 1.807) is 0 Å². The molecule has 1 unspecified atom stereocenters. The number of esters is 1. The molecule has 2 amide bonds. The Hall–Kier alpha value is -3.52. The second kappa shape index (κ2) is 10.5. The van der Waals surface area contributed by atoms with Crippen molar-refractivity contribution in [2.24, 2.45) is 0 Å². The number of ether oxygens (including phenoxy) is 1. The Labute approximate surface area is 223 Å². The molecule has 9 heteroatoms. The number of hydrogen-bond donors (Lipinski definition) is 0. The van der Waals surface area contributed by atoms with Crippen LogP contribution in [0.1, 0.15) is 38.3 Å². The molecule has 1 fully saturated rings. The van der Waals surface area contributed by atoms with E-state index in [4.69, 9.17) is 27.9 Å². The summed E-state index contributed by atoms with van der Waals surface area (Å²) in [5.74, 6) is -1.68. The van der Waals surface area contributed by atoms with Crippen molar-refractivity contribution in [2.75, 3.05) is 18.1 Å². The van der Waals surface area contributed by atoms with Crippen LogP contribution >= 0.6 is 23.2 Å². The van der Waals surface area contributed by atoms with Gasteiger partial charge in [-0.1, -0.05) is 47.5 Å². The molecule has 1 saturated heterocycles. The highest BCUT2D eigenvalue weighted by Gasteiger charge is 2.43. The number of imide groups is 1. The van der Waals surface area contributed by atoms with Crippen molar-refractivity contribution in [2.45, 2.75) is 25.4 Å². The average molecular weight is 537 g/mol. The lowest BCUT2D eigenvalue weighted by Crippen LogP contribution is -2.44. The summed E-state index contributed by atoms with van der Waals surface area (Å²) < 4.78 is 5.13. The van der Waals surface area contributed by atoms with Crippen molar-refractivity contribution in [1.82, 2.24) is 4.90 Å². The van der Waals surface area contributed by atoms with Gasteiger partial charge in [0.2, 0.25) is 5.91 Å². The van der Waals surface area contributed by atoms with E-state index in [-0.39, 0.29) is 34.4 Å². The number of hydrogen-bond acceptors (Lipinski definition) is 6. The Balaban J connectivity index is 1.22. The van der Waals surface area contributed by atoms with Crippen LogP contribution in [-0.2, 0) is 27.3 Å². The predicted molar refractivity (Wildman–Crippen MR) is 139 cm³/mol. The largest absolute Gasteiger partial charge is 0.454 e. The molecule has 0 saturated carbocycles. The Morgan fingerprint density at radius 1 is 0.892 bits per heavy atom. The number of amides is 2. The van der Waals surface area contributed by atoms with E-state index in [9.17, 15) is 19.2 Å². The Bertz CT molecular complexity index is 1410. The first-order valence-corrected chi connectivity index (χ1v) is 12.5. The van der Waals surface area contributed by atoms with E-state index >= 15 is 0 Å². The van der Waals surface area contributed by atoms with Crippen LogP contribution < -0.4 is 4.90 Å². The van der Waals surface area contributed by atoms with Crippen molar-refractivity contribution in [3.8, 4) is 0 Å². The molecular weight excluding hydrogens is 515 g/mol. The minimum absolute atomic E-state index is 0.113. The van der Waals surface area contributed by atoms with Crippen LogP contribution in [0.2, 0.25) is 10.0 Å². The molecule has 0 bridgehead atoms. The van der Waals surface area contributed by atoms with Gasteiger partial charge in [-0.05, 0) is 60.0 Å². The zero-order valence-electron chi connectivity index (χ0n) is 19.7. The molecule has 3 aromatic carbocycles. The number of carbonyl (C=O) groups excluding carboxylic acids is 4. The summed E-state index contributed by atoms with van der Waals surface area (Å²) >= 11 is 11.8. The molecule has 0 N–H and O–H groups in total. The van der Waals surface area contributed by atoms with E-state index in [1.165, 1.54) is 58.5 Å². The molecule has 0 aliphatic carbocycles. The molecule has 37 heavy (non-hydrogen) atoms. The number of fused-ring (bicyclic) bond motifs is 1. The Morgan fingerprint density at radius 3 is 2.32 bits per heavy atom. The van der Waals surface area contributed by atoms with Crippen LogP contribution in [0.5, 0.6) is 0 Å². The third-order valence-electron chi connectivity index (χ3n) is 6.66. The lowest BCUT2D eigenvalue weighted by Gasteiger charge is -2.32. The van der Waals surface area contributed by atoms with Crippen LogP contribution in [0.4, 0.5) is 5.69 Å². The van der Waals surface area contributed by atoms with E-state index in [0.717, 1.165) is 6.42 Å². The minimum atomic E-state index is -0.705. The first kappa shape index (κ1) is 25.1. The third kappa shape index (κ3) is 5.16. The van der Waals surface area contributed by atoms with Gasteiger partial charge in [-0.2, -0.15) is 0 Å². The number of nitrogens with zero attached hydrogens (tertiary/aromatic N) is 2. The first-order chi connectivity index (χ1) is 17.8. The highest BCUT2D eigenvalue weighted by molar-refractivity contribution is 6.42. The van der Waals surface area contributed by atoms with Crippen LogP contribution in [0.25, 0.3) is 0 Å². The van der Waals surface area contributed by atoms with Gasteiger partial charge in [0, 0.05) is 18.7 Å². The molecule has 7 nitrogen and oxygen atoms in total. The molecule has 0 spiro atoms. The zero-order chi connectivity index (χ0) is 26.1. The molecule has 5 rings (SSSR count). The topological polar surface area (TPSA) is 84.0 Å². The van der Waals surface area contributed by atoms with Gasteiger partial charge in [0.05, 0.1) is 33.8 Å². The fraction of sp³-hybridized carbons (Fsp3) is 0.214. The van der Waals surface area contributed by atoms with Crippen LogP contribution in [-0.4, -0.2) is 47.7 Å². The minimum Gasteiger partial charge on any atom is -0.454 e. The molecule has 2 aliphatic rings. The van der Waals surface area contributed by atoms with Crippen LogP contribution in [0, 0.1) is 0 Å². The highest BCUT2D eigenvalue weighted by Crippen LogP contribution is 2.29. The van der Waals surface area contributed by atoms with E-state index in [2.05, 4.69) is 17.0 Å². The fourth-order valence-electron chi connectivity index (χ4n) is 4.67. The molecule has 2 aliphatic heterocycles. The summed E-state index contributed by atoms with van der Waals surface area (Å²) in [6, 6.07) is 18.0. The Kier molecular flexibility index (Phi) is 7.11. The van der Waals surface area contributed by atoms with Crippen LogP contribution in [0.3, 0.4) is 0 Å². The van der Waals surface area contributed by atoms with Gasteiger partial charge in [0.15, 0.2) is 12.4 Å². The van der Waals surface area contributed by atoms with Gasteiger partial charge in [-0.25, -0.2) is 9.69 Å². The fourth-order valence-corrected chi connectivity index (χ4v) is 4.97. The maximum absolute atomic E-state index is 13.2. The first-order valence-electron chi connectivity index (χ1n) is 11.7. The summed E-state index contributed by atoms with van der Waals surface area (Å²) in [5, 5.41) is 0.547. The van der Waals surface area contributed by atoms with E-state index < -0.39 is 24.4 Å². The standard InChI is InChI=1S/C28H22Cl2N2O5/c29-22-10-7-19(13-23(22)30)25(33)16-37-28(36)18-5-8-21(9-6-18)32-26(34)14-24(27(32)35)31-12-11-17-3-1-2-4-20(17)15-31/h1-10,13,24H,11-12,14-16H2. The Morgan fingerprint density at radius 2 is 1.59 bits per heavy atom. The maximum Gasteiger partial charge on any atom is 0.338 e. The van der Waals surface area contributed by atoms with Gasteiger partial charge in [-0.3, -0.25) is 19.3 Å². The molecule has 0 radical (unpaired) electrons. The highest BCUT2D eigenvalue weighted by atomic mass is 35.5. The molecule has 2 heterocycles. The van der Waals surface area contributed by atoms with Crippen molar-refractivity contribution >= 4 is 52.5 Å². The monoisotopic (exact) mass is 536 g/mol. The number of carbonyl (C=O) groups is 4. The maximum atomic E-state index is 13.2. The normalized spacial score (nSPS) is 17.6. The zero-order valence-corrected chi connectivity index (χ0v) is 21.2. The number of ketones is 1. The molecular formula is C28H22Cl2N2O5. The molecule has 3 aromatic rings. The average Bonchev–Trinajstić information content (AvgIpc) is 3.21. The van der Waals surface area contributed by atoms with Gasteiger partial charge in [0.25, 0.3) is 5.91 Å². The van der Waals surface area contributed by atoms with Gasteiger partial charge in [0.1, 0.15) is 0 Å².